The van der Waals surface area contributed by atoms with Crippen LogP contribution in [0, 0.1) is 0 Å². The van der Waals surface area contributed by atoms with Gasteiger partial charge in [-0.05, 0) is 30.3 Å². The lowest BCUT2D eigenvalue weighted by Gasteiger charge is -2.25. The molecule has 1 aliphatic heterocycles. The van der Waals surface area contributed by atoms with Crippen LogP contribution in [0.25, 0.3) is 0 Å². The van der Waals surface area contributed by atoms with Crippen molar-refractivity contribution in [3.8, 4) is 0 Å². The highest BCUT2D eigenvalue weighted by atomic mass is 35.5. The van der Waals surface area contributed by atoms with E-state index in [1.54, 1.807) is 24.3 Å². The molecule has 0 unspecified atom stereocenters. The van der Waals surface area contributed by atoms with Gasteiger partial charge in [0.05, 0.1) is 19.6 Å². The zero-order valence-corrected chi connectivity index (χ0v) is 17.6. The van der Waals surface area contributed by atoms with Crippen LogP contribution < -0.4 is 20.4 Å². The van der Waals surface area contributed by atoms with Crippen molar-refractivity contribution >= 4 is 34.8 Å². The van der Waals surface area contributed by atoms with E-state index in [4.69, 9.17) is 11.6 Å². The Hall–Kier alpha value is -2.57. The molecule has 6 nitrogen and oxygen atoms in total. The van der Waals surface area contributed by atoms with Gasteiger partial charge in [-0.25, -0.2) is 0 Å². The standard InChI is InChI=1S/C22H27ClN4O2/c1-26(2)19-10-8-16(9-11-19)20(27-12-3-4-13-27)15-24-21(28)22(29)25-18-7-5-6-17(23)14-18/h5-11,14,20H,3-4,12-13,15H2,1-2H3,(H,24,28)(H,25,29)/p+1/t20-/m1/s1. The Morgan fingerprint density at radius 3 is 2.38 bits per heavy atom. The second-order valence-electron chi connectivity index (χ2n) is 7.58. The Morgan fingerprint density at radius 2 is 1.76 bits per heavy atom. The lowest BCUT2D eigenvalue weighted by molar-refractivity contribution is -0.918. The summed E-state index contributed by atoms with van der Waals surface area (Å²) in [5, 5.41) is 5.90. The normalized spacial score (nSPS) is 15.0. The summed E-state index contributed by atoms with van der Waals surface area (Å²) in [6, 6.07) is 15.3. The number of amides is 2. The molecule has 29 heavy (non-hydrogen) atoms. The average molecular weight is 416 g/mol. The molecular formula is C22H28ClN4O2+. The molecule has 1 fully saturated rings. The van der Waals surface area contributed by atoms with E-state index in [0.29, 0.717) is 17.3 Å². The van der Waals surface area contributed by atoms with Gasteiger partial charge >= 0.3 is 11.8 Å². The van der Waals surface area contributed by atoms with Crippen molar-refractivity contribution in [2.45, 2.75) is 18.9 Å². The highest BCUT2D eigenvalue weighted by molar-refractivity contribution is 6.39. The van der Waals surface area contributed by atoms with E-state index in [1.165, 1.54) is 23.3 Å². The van der Waals surface area contributed by atoms with Gasteiger partial charge in [0.1, 0.15) is 6.04 Å². The minimum absolute atomic E-state index is 0.122. The fourth-order valence-corrected chi connectivity index (χ4v) is 3.90. The van der Waals surface area contributed by atoms with E-state index in [9.17, 15) is 9.59 Å². The molecule has 2 aromatic carbocycles. The van der Waals surface area contributed by atoms with E-state index in [-0.39, 0.29) is 6.04 Å². The quantitative estimate of drug-likeness (QED) is 0.631. The van der Waals surface area contributed by atoms with Gasteiger partial charge in [-0.3, -0.25) is 9.59 Å². The van der Waals surface area contributed by atoms with Crippen LogP contribution in [0.2, 0.25) is 5.02 Å². The van der Waals surface area contributed by atoms with Crippen molar-refractivity contribution in [2.75, 3.05) is 43.9 Å². The first kappa shape index (κ1) is 21.1. The van der Waals surface area contributed by atoms with Crippen molar-refractivity contribution in [1.82, 2.24) is 5.32 Å². The number of carbonyl (C=O) groups is 2. The SMILES string of the molecule is CN(C)c1ccc([C@@H](CNC(=O)C(=O)Nc2cccc(Cl)c2)[NH+]2CCCC2)cc1. The summed E-state index contributed by atoms with van der Waals surface area (Å²) < 4.78 is 0. The number of hydrogen-bond acceptors (Lipinski definition) is 3. The van der Waals surface area contributed by atoms with Gasteiger partial charge in [0.15, 0.2) is 0 Å². The Bertz CT molecular complexity index is 848. The van der Waals surface area contributed by atoms with Crippen LogP contribution in [0.1, 0.15) is 24.4 Å². The topological polar surface area (TPSA) is 65.9 Å². The second-order valence-corrected chi connectivity index (χ2v) is 8.01. The maximum absolute atomic E-state index is 12.4. The number of rotatable bonds is 6. The monoisotopic (exact) mass is 415 g/mol. The third kappa shape index (κ3) is 5.71. The number of halogens is 1. The largest absolute Gasteiger partial charge is 0.378 e. The molecule has 0 radical (unpaired) electrons. The van der Waals surface area contributed by atoms with Crippen LogP contribution in [-0.2, 0) is 9.59 Å². The molecule has 2 amide bonds. The summed E-state index contributed by atoms with van der Waals surface area (Å²) in [6.07, 6.45) is 2.37. The Kier molecular flexibility index (Phi) is 7.12. The van der Waals surface area contributed by atoms with E-state index < -0.39 is 11.8 Å². The molecular weight excluding hydrogens is 388 g/mol. The molecule has 1 heterocycles. The van der Waals surface area contributed by atoms with Gasteiger partial charge in [0.25, 0.3) is 0 Å². The Morgan fingerprint density at radius 1 is 1.07 bits per heavy atom. The van der Waals surface area contributed by atoms with Crippen LogP contribution in [-0.4, -0.2) is 45.5 Å². The van der Waals surface area contributed by atoms with Crippen LogP contribution >= 0.6 is 11.6 Å². The van der Waals surface area contributed by atoms with Gasteiger partial charge in [0.2, 0.25) is 0 Å². The van der Waals surface area contributed by atoms with E-state index in [1.807, 2.05) is 14.1 Å². The maximum Gasteiger partial charge on any atom is 0.313 e. The van der Waals surface area contributed by atoms with Crippen molar-refractivity contribution in [3.05, 3.63) is 59.1 Å². The number of anilines is 2. The smallest absolute Gasteiger partial charge is 0.313 e. The predicted octanol–water partition coefficient (Wildman–Crippen LogP) is 1.88. The van der Waals surface area contributed by atoms with Gasteiger partial charge < -0.3 is 20.4 Å². The van der Waals surface area contributed by atoms with Crippen LogP contribution in [0.4, 0.5) is 11.4 Å². The molecule has 3 rings (SSSR count). The minimum atomic E-state index is -0.689. The van der Waals surface area contributed by atoms with Crippen LogP contribution in [0.5, 0.6) is 0 Å². The summed E-state index contributed by atoms with van der Waals surface area (Å²) >= 11 is 5.92. The summed E-state index contributed by atoms with van der Waals surface area (Å²) in [5.41, 5.74) is 2.80. The fraction of sp³-hybridized carbons (Fsp3) is 0.364. The predicted molar refractivity (Wildman–Crippen MR) is 117 cm³/mol. The van der Waals surface area contributed by atoms with Crippen LogP contribution in [0.3, 0.4) is 0 Å². The molecule has 154 valence electrons. The Balaban J connectivity index is 1.64. The highest BCUT2D eigenvalue weighted by Gasteiger charge is 2.28. The summed E-state index contributed by atoms with van der Waals surface area (Å²) in [5.74, 6) is -1.33. The number of likely N-dealkylation sites (tertiary alicyclic amines) is 1. The molecule has 1 aliphatic rings. The minimum Gasteiger partial charge on any atom is -0.378 e. The van der Waals surface area contributed by atoms with Crippen molar-refractivity contribution in [2.24, 2.45) is 0 Å². The van der Waals surface area contributed by atoms with Gasteiger partial charge in [-0.1, -0.05) is 29.8 Å². The van der Waals surface area contributed by atoms with Crippen molar-refractivity contribution < 1.29 is 14.5 Å². The Labute approximate surface area is 176 Å². The average Bonchev–Trinajstić information content (AvgIpc) is 3.23. The molecule has 1 saturated heterocycles. The number of nitrogens with zero attached hydrogens (tertiary/aromatic N) is 1. The first-order chi connectivity index (χ1) is 13.9. The third-order valence-corrected chi connectivity index (χ3v) is 5.54. The summed E-state index contributed by atoms with van der Waals surface area (Å²) in [4.78, 5) is 28.1. The van der Waals surface area contributed by atoms with E-state index >= 15 is 0 Å². The van der Waals surface area contributed by atoms with Gasteiger partial charge in [-0.15, -0.1) is 0 Å². The third-order valence-electron chi connectivity index (χ3n) is 5.31. The first-order valence-corrected chi connectivity index (χ1v) is 10.3. The number of quaternary nitrogens is 1. The first-order valence-electron chi connectivity index (χ1n) is 9.90. The number of nitrogens with one attached hydrogen (secondary N) is 3. The summed E-state index contributed by atoms with van der Waals surface area (Å²) in [7, 11) is 4.02. The molecule has 3 N–H and O–H groups in total. The zero-order valence-electron chi connectivity index (χ0n) is 16.9. The molecule has 0 bridgehead atoms. The number of hydrogen-bond donors (Lipinski definition) is 3. The number of carbonyl (C=O) groups excluding carboxylic acids is 2. The molecule has 2 aromatic rings. The lowest BCUT2D eigenvalue weighted by Crippen LogP contribution is -3.11. The van der Waals surface area contributed by atoms with Crippen molar-refractivity contribution in [1.29, 1.82) is 0 Å². The molecule has 0 aromatic heterocycles. The van der Waals surface area contributed by atoms with Gasteiger partial charge in [-0.2, -0.15) is 0 Å². The van der Waals surface area contributed by atoms with Crippen molar-refractivity contribution in [3.63, 3.8) is 0 Å². The molecule has 0 spiro atoms. The maximum atomic E-state index is 12.4. The van der Waals surface area contributed by atoms with Gasteiger partial charge in [0, 0.05) is 48.9 Å². The highest BCUT2D eigenvalue weighted by Crippen LogP contribution is 2.17. The van der Waals surface area contributed by atoms with E-state index in [2.05, 4.69) is 39.8 Å². The second kappa shape index (κ2) is 9.76. The molecule has 0 aliphatic carbocycles. The van der Waals surface area contributed by atoms with E-state index in [0.717, 1.165) is 18.8 Å². The zero-order chi connectivity index (χ0) is 20.8. The van der Waals surface area contributed by atoms with Crippen LogP contribution in [0.15, 0.2) is 48.5 Å². The molecule has 1 atom stereocenters. The summed E-state index contributed by atoms with van der Waals surface area (Å²) in [6.45, 7) is 2.56. The molecule has 0 saturated carbocycles. The molecule has 7 heteroatoms. The lowest BCUT2D eigenvalue weighted by atomic mass is 10.0. The number of benzene rings is 2. The fourth-order valence-electron chi connectivity index (χ4n) is 3.71.